The van der Waals surface area contributed by atoms with Gasteiger partial charge in [0.25, 0.3) is 11.5 Å². The first-order chi connectivity index (χ1) is 14.0. The number of H-pyrrole nitrogens is 1. The lowest BCUT2D eigenvalue weighted by Crippen LogP contribution is -2.39. The number of hydrogen-bond acceptors (Lipinski definition) is 5. The van der Waals surface area contributed by atoms with Crippen LogP contribution in [0.1, 0.15) is 20.9 Å². The minimum absolute atomic E-state index is 0.105. The highest BCUT2D eigenvalue weighted by Crippen LogP contribution is 2.17. The molecule has 0 bridgehead atoms. The summed E-state index contributed by atoms with van der Waals surface area (Å²) in [7, 11) is 0. The van der Waals surface area contributed by atoms with Crippen molar-refractivity contribution < 1.29 is 4.79 Å². The molecule has 0 aliphatic rings. The van der Waals surface area contributed by atoms with Crippen LogP contribution in [0.15, 0.2) is 69.7 Å². The highest BCUT2D eigenvalue weighted by molar-refractivity contribution is 7.09. The van der Waals surface area contributed by atoms with Crippen molar-refractivity contribution in [2.45, 2.75) is 13.5 Å². The average Bonchev–Trinajstić information content (AvgIpc) is 3.35. The summed E-state index contributed by atoms with van der Waals surface area (Å²) in [6.45, 7) is 1.91. The maximum absolute atomic E-state index is 12.8. The van der Waals surface area contributed by atoms with Crippen LogP contribution in [0.4, 0.5) is 5.82 Å². The molecule has 1 amide bonds. The molecule has 0 saturated carbocycles. The maximum Gasteiger partial charge on any atom is 0.328 e. The number of amides is 1. The number of benzene rings is 1. The molecule has 9 heteroatoms. The third-order valence-corrected chi connectivity index (χ3v) is 5.13. The third-order valence-electron chi connectivity index (χ3n) is 4.27. The van der Waals surface area contributed by atoms with Gasteiger partial charge in [0.1, 0.15) is 11.4 Å². The summed E-state index contributed by atoms with van der Waals surface area (Å²) in [5.41, 5.74) is 0.111. The normalized spacial score (nSPS) is 10.8. The lowest BCUT2D eigenvalue weighted by molar-refractivity contribution is 0.102. The molecule has 3 heterocycles. The van der Waals surface area contributed by atoms with Crippen LogP contribution in [-0.4, -0.2) is 25.2 Å². The number of nitrogens with one attached hydrogen (secondary N) is 2. The molecular weight excluding hydrogens is 390 g/mol. The number of aryl methyl sites for hydroxylation is 1. The van der Waals surface area contributed by atoms with Crippen molar-refractivity contribution >= 4 is 23.1 Å². The molecule has 29 heavy (non-hydrogen) atoms. The molecule has 0 saturated heterocycles. The molecule has 4 aromatic rings. The second-order valence-corrected chi connectivity index (χ2v) is 7.38. The Morgan fingerprint density at radius 3 is 2.69 bits per heavy atom. The average molecular weight is 407 g/mol. The van der Waals surface area contributed by atoms with Crippen LogP contribution in [0.25, 0.3) is 5.69 Å². The monoisotopic (exact) mass is 407 g/mol. The molecule has 0 atom stereocenters. The maximum atomic E-state index is 12.8. The Hall–Kier alpha value is -3.72. The van der Waals surface area contributed by atoms with Gasteiger partial charge in [-0.05, 0) is 30.5 Å². The Morgan fingerprint density at radius 2 is 1.97 bits per heavy atom. The summed E-state index contributed by atoms with van der Waals surface area (Å²) >= 11 is 1.43. The summed E-state index contributed by atoms with van der Waals surface area (Å²) in [5, 5.41) is 8.97. The van der Waals surface area contributed by atoms with E-state index in [0.717, 1.165) is 21.3 Å². The van der Waals surface area contributed by atoms with E-state index in [1.165, 1.54) is 11.3 Å². The lowest BCUT2D eigenvalue weighted by Gasteiger charge is -2.09. The van der Waals surface area contributed by atoms with E-state index in [-0.39, 0.29) is 12.1 Å². The van der Waals surface area contributed by atoms with E-state index in [4.69, 9.17) is 0 Å². The van der Waals surface area contributed by atoms with Crippen LogP contribution in [0.5, 0.6) is 0 Å². The quantitative estimate of drug-likeness (QED) is 0.530. The highest BCUT2D eigenvalue weighted by Gasteiger charge is 2.18. The van der Waals surface area contributed by atoms with Gasteiger partial charge >= 0.3 is 5.69 Å². The number of anilines is 1. The number of hydrogen-bond donors (Lipinski definition) is 2. The predicted octanol–water partition coefficient (Wildman–Crippen LogP) is 2.39. The topological polar surface area (TPSA) is 102 Å². The molecule has 0 aliphatic carbocycles. The predicted molar refractivity (Wildman–Crippen MR) is 111 cm³/mol. The Balaban J connectivity index is 1.67. The van der Waals surface area contributed by atoms with Gasteiger partial charge in [-0.2, -0.15) is 5.10 Å². The van der Waals surface area contributed by atoms with Crippen molar-refractivity contribution in [2.24, 2.45) is 0 Å². The zero-order chi connectivity index (χ0) is 20.4. The van der Waals surface area contributed by atoms with Gasteiger partial charge in [-0.3, -0.25) is 14.2 Å². The van der Waals surface area contributed by atoms with E-state index >= 15 is 0 Å². The van der Waals surface area contributed by atoms with Gasteiger partial charge in [-0.25, -0.2) is 9.48 Å². The molecule has 4 rings (SSSR count). The van der Waals surface area contributed by atoms with Crippen molar-refractivity contribution in [3.05, 3.63) is 97.1 Å². The summed E-state index contributed by atoms with van der Waals surface area (Å²) < 4.78 is 2.60. The zero-order valence-electron chi connectivity index (χ0n) is 15.5. The summed E-state index contributed by atoms with van der Waals surface area (Å²) in [5.74, 6) is -0.197. The second kappa shape index (κ2) is 7.72. The molecule has 1 aromatic carbocycles. The Labute approximate surface area is 169 Å². The van der Waals surface area contributed by atoms with Crippen molar-refractivity contribution in [3.8, 4) is 5.69 Å². The number of aromatic amines is 1. The SMILES string of the molecule is Cc1cc(NC(=O)c2c[nH]c(=O)n(Cc3cccs3)c2=O)n(-c2ccccc2)n1. The van der Waals surface area contributed by atoms with Crippen molar-refractivity contribution in [1.82, 2.24) is 19.3 Å². The van der Waals surface area contributed by atoms with Crippen molar-refractivity contribution in [3.63, 3.8) is 0 Å². The van der Waals surface area contributed by atoms with E-state index in [0.29, 0.717) is 11.5 Å². The van der Waals surface area contributed by atoms with E-state index in [9.17, 15) is 14.4 Å². The van der Waals surface area contributed by atoms with E-state index in [2.05, 4.69) is 15.4 Å². The van der Waals surface area contributed by atoms with Gasteiger partial charge in [0.05, 0.1) is 17.9 Å². The summed E-state index contributed by atoms with van der Waals surface area (Å²) in [6.07, 6.45) is 1.14. The van der Waals surface area contributed by atoms with E-state index in [1.54, 1.807) is 10.7 Å². The van der Waals surface area contributed by atoms with Gasteiger partial charge in [-0.15, -0.1) is 11.3 Å². The number of carbonyl (C=O) groups excluding carboxylic acids is 1. The molecule has 0 fully saturated rings. The number of aromatic nitrogens is 4. The molecular formula is C20H17N5O3S. The highest BCUT2D eigenvalue weighted by atomic mass is 32.1. The first-order valence-electron chi connectivity index (χ1n) is 8.81. The number of nitrogens with zero attached hydrogens (tertiary/aromatic N) is 3. The first-order valence-corrected chi connectivity index (χ1v) is 9.69. The molecule has 3 aromatic heterocycles. The third kappa shape index (κ3) is 3.81. The molecule has 0 aliphatic heterocycles. The molecule has 0 radical (unpaired) electrons. The number of rotatable bonds is 5. The Bertz CT molecular complexity index is 1270. The molecule has 2 N–H and O–H groups in total. The fraction of sp³-hybridized carbons (Fsp3) is 0.100. The minimum Gasteiger partial charge on any atom is -0.313 e. The fourth-order valence-corrected chi connectivity index (χ4v) is 3.61. The standard InChI is InChI=1S/C20H17N5O3S/c1-13-10-17(25(23-13)14-6-3-2-4-7-14)22-18(26)16-11-21-20(28)24(19(16)27)12-15-8-5-9-29-15/h2-11H,12H2,1H3,(H,21,28)(H,22,26). The van der Waals surface area contributed by atoms with E-state index in [1.807, 2.05) is 54.8 Å². The van der Waals surface area contributed by atoms with Gasteiger partial charge < -0.3 is 10.3 Å². The Kier molecular flexibility index (Phi) is 4.96. The minimum atomic E-state index is -0.651. The van der Waals surface area contributed by atoms with Crippen LogP contribution in [-0.2, 0) is 6.54 Å². The van der Waals surface area contributed by atoms with Crippen molar-refractivity contribution in [2.75, 3.05) is 5.32 Å². The van der Waals surface area contributed by atoms with Crippen LogP contribution in [0, 0.1) is 6.92 Å². The summed E-state index contributed by atoms with van der Waals surface area (Å²) in [6, 6.07) is 14.7. The van der Waals surface area contributed by atoms with Crippen LogP contribution in [0.3, 0.4) is 0 Å². The largest absolute Gasteiger partial charge is 0.328 e. The van der Waals surface area contributed by atoms with Gasteiger partial charge in [0, 0.05) is 17.1 Å². The molecule has 146 valence electrons. The molecule has 0 unspecified atom stereocenters. The lowest BCUT2D eigenvalue weighted by atomic mass is 10.3. The Morgan fingerprint density at radius 1 is 1.17 bits per heavy atom. The second-order valence-electron chi connectivity index (χ2n) is 6.35. The van der Waals surface area contributed by atoms with Gasteiger partial charge in [0.2, 0.25) is 0 Å². The van der Waals surface area contributed by atoms with E-state index < -0.39 is 17.2 Å². The molecule has 8 nitrogen and oxygen atoms in total. The zero-order valence-corrected chi connectivity index (χ0v) is 16.3. The summed E-state index contributed by atoms with van der Waals surface area (Å²) in [4.78, 5) is 41.0. The first kappa shape index (κ1) is 18.6. The number of thiophene rings is 1. The van der Waals surface area contributed by atoms with Gasteiger partial charge in [-0.1, -0.05) is 24.3 Å². The van der Waals surface area contributed by atoms with Crippen molar-refractivity contribution in [1.29, 1.82) is 0 Å². The van der Waals surface area contributed by atoms with Gasteiger partial charge in [0.15, 0.2) is 0 Å². The number of para-hydroxylation sites is 1. The molecule has 0 spiro atoms. The fourth-order valence-electron chi connectivity index (χ4n) is 2.91. The smallest absolute Gasteiger partial charge is 0.313 e. The number of carbonyl (C=O) groups is 1. The van der Waals surface area contributed by atoms with Crippen LogP contribution in [0.2, 0.25) is 0 Å². The van der Waals surface area contributed by atoms with Crippen LogP contribution < -0.4 is 16.6 Å². The van der Waals surface area contributed by atoms with Crippen LogP contribution >= 0.6 is 11.3 Å².